The van der Waals surface area contributed by atoms with Crippen LogP contribution in [-0.2, 0) is 0 Å². The van der Waals surface area contributed by atoms with Gasteiger partial charge >= 0.3 is 0 Å². The van der Waals surface area contributed by atoms with Gasteiger partial charge in [-0.05, 0) is 25.5 Å². The summed E-state index contributed by atoms with van der Waals surface area (Å²) in [6, 6.07) is 10.7. The maximum atomic E-state index is 10.7. The maximum absolute atomic E-state index is 10.7. The average molecular weight is 301 g/mol. The molecule has 6 heteroatoms. The summed E-state index contributed by atoms with van der Waals surface area (Å²) in [4.78, 5) is 16.2. The Morgan fingerprint density at radius 2 is 1.95 bits per heavy atom. The molecule has 0 fully saturated rings. The lowest BCUT2D eigenvalue weighted by Crippen LogP contribution is -2.29. The minimum atomic E-state index is -0.641. The number of aryl methyl sites for hydroxylation is 1. The third kappa shape index (κ3) is 3.79. The number of pyridine rings is 1. The van der Waals surface area contributed by atoms with E-state index in [9.17, 15) is 15.2 Å². The Bertz CT molecular complexity index is 626. The topological polar surface area (TPSA) is 79.5 Å². The Labute approximate surface area is 129 Å². The van der Waals surface area contributed by atoms with Crippen molar-refractivity contribution in [3.63, 3.8) is 0 Å². The van der Waals surface area contributed by atoms with Crippen LogP contribution in [0.15, 0.2) is 42.6 Å². The lowest BCUT2D eigenvalue weighted by molar-refractivity contribution is -0.385. The molecule has 0 aliphatic carbocycles. The molecule has 0 bridgehead atoms. The van der Waals surface area contributed by atoms with Gasteiger partial charge in [0.25, 0.3) is 5.69 Å². The van der Waals surface area contributed by atoms with Crippen molar-refractivity contribution in [3.05, 3.63) is 63.8 Å². The van der Waals surface area contributed by atoms with Gasteiger partial charge in [0, 0.05) is 19.2 Å². The average Bonchev–Trinajstić information content (AvgIpc) is 2.53. The summed E-state index contributed by atoms with van der Waals surface area (Å²) in [6.45, 7) is 4.97. The lowest BCUT2D eigenvalue weighted by Gasteiger charge is -2.25. The van der Waals surface area contributed by atoms with Crippen LogP contribution in [0.1, 0.15) is 24.2 Å². The van der Waals surface area contributed by atoms with Gasteiger partial charge in [-0.1, -0.05) is 29.8 Å². The Morgan fingerprint density at radius 1 is 1.27 bits per heavy atom. The van der Waals surface area contributed by atoms with E-state index in [4.69, 9.17) is 0 Å². The fourth-order valence-corrected chi connectivity index (χ4v) is 2.16. The summed E-state index contributed by atoms with van der Waals surface area (Å²) in [5, 5.41) is 21.0. The number of nitrogens with zero attached hydrogens (tertiary/aromatic N) is 3. The molecule has 0 saturated carbocycles. The molecule has 2 aromatic rings. The Balaban J connectivity index is 2.11. The van der Waals surface area contributed by atoms with E-state index >= 15 is 0 Å². The van der Waals surface area contributed by atoms with E-state index < -0.39 is 11.0 Å². The molecule has 2 rings (SSSR count). The minimum absolute atomic E-state index is 0.0427. The van der Waals surface area contributed by atoms with Crippen molar-refractivity contribution in [1.29, 1.82) is 0 Å². The number of rotatable bonds is 6. The van der Waals surface area contributed by atoms with Gasteiger partial charge in [0.05, 0.1) is 11.0 Å². The minimum Gasteiger partial charge on any atom is -0.387 e. The molecule has 1 heterocycles. The Kier molecular flexibility index (Phi) is 5.06. The van der Waals surface area contributed by atoms with Crippen molar-refractivity contribution in [2.75, 3.05) is 18.0 Å². The molecule has 0 radical (unpaired) electrons. The van der Waals surface area contributed by atoms with Gasteiger partial charge in [0.15, 0.2) is 0 Å². The fraction of sp³-hybridized carbons (Fsp3) is 0.312. The predicted molar refractivity (Wildman–Crippen MR) is 84.9 cm³/mol. The molecule has 1 atom stereocenters. The van der Waals surface area contributed by atoms with Gasteiger partial charge in [0.2, 0.25) is 0 Å². The summed E-state index contributed by atoms with van der Waals surface area (Å²) in [5.41, 5.74) is 1.94. The van der Waals surface area contributed by atoms with E-state index in [1.165, 1.54) is 12.3 Å². The van der Waals surface area contributed by atoms with Crippen molar-refractivity contribution in [3.8, 4) is 0 Å². The molecule has 0 aliphatic rings. The summed E-state index contributed by atoms with van der Waals surface area (Å²) in [6.07, 6.45) is 0.591. The van der Waals surface area contributed by atoms with Crippen molar-refractivity contribution >= 4 is 11.5 Å². The van der Waals surface area contributed by atoms with Gasteiger partial charge < -0.3 is 10.0 Å². The summed E-state index contributed by atoms with van der Waals surface area (Å²) in [7, 11) is 0. The number of aliphatic hydroxyl groups is 1. The second-order valence-corrected chi connectivity index (χ2v) is 5.10. The van der Waals surface area contributed by atoms with Crippen LogP contribution >= 0.6 is 0 Å². The van der Waals surface area contributed by atoms with Crippen molar-refractivity contribution < 1.29 is 10.0 Å². The molecule has 0 aliphatic heterocycles. The zero-order chi connectivity index (χ0) is 16.1. The van der Waals surface area contributed by atoms with E-state index in [-0.39, 0.29) is 5.69 Å². The highest BCUT2D eigenvalue weighted by molar-refractivity contribution is 5.43. The van der Waals surface area contributed by atoms with Crippen molar-refractivity contribution in [2.24, 2.45) is 0 Å². The number of anilines is 1. The lowest BCUT2D eigenvalue weighted by atomic mass is 10.1. The molecule has 116 valence electrons. The van der Waals surface area contributed by atoms with Crippen LogP contribution in [0.2, 0.25) is 0 Å². The molecule has 6 nitrogen and oxygen atoms in total. The van der Waals surface area contributed by atoms with Gasteiger partial charge in [-0.3, -0.25) is 10.1 Å². The smallest absolute Gasteiger partial charge is 0.287 e. The number of hydrogen-bond donors (Lipinski definition) is 1. The Morgan fingerprint density at radius 3 is 2.45 bits per heavy atom. The third-order valence-corrected chi connectivity index (χ3v) is 3.50. The standard InChI is InChI=1S/C16H19N3O3/c1-3-18(16-9-8-14(10-17-16)19(21)22)11-15(20)13-6-4-12(2)5-7-13/h4-10,15,20H,3,11H2,1-2H3. The molecular weight excluding hydrogens is 282 g/mol. The maximum Gasteiger partial charge on any atom is 0.287 e. The van der Waals surface area contributed by atoms with Crippen LogP contribution in [0.25, 0.3) is 0 Å². The third-order valence-electron chi connectivity index (χ3n) is 3.50. The Hall–Kier alpha value is -2.47. The van der Waals surface area contributed by atoms with E-state index in [1.807, 2.05) is 43.0 Å². The van der Waals surface area contributed by atoms with Crippen LogP contribution in [0.4, 0.5) is 11.5 Å². The highest BCUT2D eigenvalue weighted by Gasteiger charge is 2.15. The molecule has 1 aromatic heterocycles. The van der Waals surface area contributed by atoms with Gasteiger partial charge in [-0.15, -0.1) is 0 Å². The van der Waals surface area contributed by atoms with Crippen molar-refractivity contribution in [1.82, 2.24) is 4.98 Å². The first kappa shape index (κ1) is 15.9. The van der Waals surface area contributed by atoms with Crippen LogP contribution in [0, 0.1) is 17.0 Å². The zero-order valence-corrected chi connectivity index (χ0v) is 12.6. The highest BCUT2D eigenvalue weighted by Crippen LogP contribution is 2.20. The molecule has 1 N–H and O–H groups in total. The fourth-order valence-electron chi connectivity index (χ4n) is 2.16. The van der Waals surface area contributed by atoms with Gasteiger partial charge in [-0.2, -0.15) is 0 Å². The largest absolute Gasteiger partial charge is 0.387 e. The molecular formula is C16H19N3O3. The van der Waals surface area contributed by atoms with Crippen molar-refractivity contribution in [2.45, 2.75) is 20.0 Å². The number of aliphatic hydroxyl groups excluding tert-OH is 1. The van der Waals surface area contributed by atoms with Crippen LogP contribution in [0.5, 0.6) is 0 Å². The van der Waals surface area contributed by atoms with Crippen LogP contribution in [-0.4, -0.2) is 28.1 Å². The number of benzene rings is 1. The molecule has 0 saturated heterocycles. The molecule has 22 heavy (non-hydrogen) atoms. The second kappa shape index (κ2) is 7.00. The first-order valence-corrected chi connectivity index (χ1v) is 7.11. The molecule has 0 amide bonds. The quantitative estimate of drug-likeness (QED) is 0.655. The highest BCUT2D eigenvalue weighted by atomic mass is 16.6. The summed E-state index contributed by atoms with van der Waals surface area (Å²) < 4.78 is 0. The number of aromatic nitrogens is 1. The van der Waals surface area contributed by atoms with Gasteiger partial charge in [0.1, 0.15) is 12.0 Å². The van der Waals surface area contributed by atoms with Crippen LogP contribution in [0.3, 0.4) is 0 Å². The monoisotopic (exact) mass is 301 g/mol. The first-order chi connectivity index (χ1) is 10.5. The zero-order valence-electron chi connectivity index (χ0n) is 12.6. The molecule has 1 unspecified atom stereocenters. The van der Waals surface area contributed by atoms with E-state index in [0.717, 1.165) is 11.1 Å². The SMILES string of the molecule is CCN(CC(O)c1ccc(C)cc1)c1ccc([N+](=O)[O-])cn1. The predicted octanol–water partition coefficient (Wildman–Crippen LogP) is 2.86. The summed E-state index contributed by atoms with van der Waals surface area (Å²) in [5.74, 6) is 0.610. The van der Waals surface area contributed by atoms with Gasteiger partial charge in [-0.25, -0.2) is 4.98 Å². The van der Waals surface area contributed by atoms with Crippen LogP contribution < -0.4 is 4.90 Å². The van der Waals surface area contributed by atoms with E-state index in [2.05, 4.69) is 4.98 Å². The molecule has 0 spiro atoms. The normalized spacial score (nSPS) is 12.0. The number of likely N-dealkylation sites (N-methyl/N-ethyl adjacent to an activating group) is 1. The number of nitro groups is 1. The number of hydrogen-bond acceptors (Lipinski definition) is 5. The second-order valence-electron chi connectivity index (χ2n) is 5.10. The molecule has 1 aromatic carbocycles. The summed E-state index contributed by atoms with van der Waals surface area (Å²) >= 11 is 0. The first-order valence-electron chi connectivity index (χ1n) is 7.11. The van der Waals surface area contributed by atoms with E-state index in [0.29, 0.717) is 18.9 Å². The van der Waals surface area contributed by atoms with E-state index in [1.54, 1.807) is 6.07 Å².